The highest BCUT2D eigenvalue weighted by molar-refractivity contribution is 6.32. The molecule has 0 spiro atoms. The van der Waals surface area contributed by atoms with Crippen LogP contribution in [0.2, 0.25) is 5.02 Å². The van der Waals surface area contributed by atoms with Gasteiger partial charge in [-0.25, -0.2) is 0 Å². The zero-order valence-corrected chi connectivity index (χ0v) is 6.63. The third kappa shape index (κ3) is 1.68. The summed E-state index contributed by atoms with van der Waals surface area (Å²) in [6, 6.07) is 4.59. The lowest BCUT2D eigenvalue weighted by molar-refractivity contribution is 0.415. The molecule has 0 N–H and O–H groups in total. The molecule has 0 aliphatic heterocycles. The minimum atomic E-state index is 0.302. The maximum absolute atomic E-state index is 10.0. The first-order valence-corrected chi connectivity index (χ1v) is 3.32. The predicted molar refractivity (Wildman–Crippen MR) is 43.5 cm³/mol. The Labute approximate surface area is 68.9 Å². The number of hydrogen-bond donors (Lipinski definition) is 0. The molecular weight excluding hydrogens is 166 g/mol. The minimum absolute atomic E-state index is 0.302. The SMILES string of the molecule is COc1ccc(N=O)cc1Cl. The van der Waals surface area contributed by atoms with Crippen molar-refractivity contribution in [2.24, 2.45) is 5.18 Å². The summed E-state index contributed by atoms with van der Waals surface area (Å²) in [7, 11) is 1.51. The molecule has 11 heavy (non-hydrogen) atoms. The van der Waals surface area contributed by atoms with Crippen molar-refractivity contribution < 1.29 is 4.74 Å². The number of benzene rings is 1. The van der Waals surface area contributed by atoms with Gasteiger partial charge in [0.15, 0.2) is 0 Å². The highest BCUT2D eigenvalue weighted by atomic mass is 35.5. The van der Waals surface area contributed by atoms with E-state index in [0.717, 1.165) is 0 Å². The van der Waals surface area contributed by atoms with Gasteiger partial charge in [-0.3, -0.25) is 0 Å². The predicted octanol–water partition coefficient (Wildman–Crippen LogP) is 2.75. The van der Waals surface area contributed by atoms with Crippen LogP contribution in [-0.4, -0.2) is 7.11 Å². The molecule has 0 amide bonds. The molecule has 1 aromatic rings. The lowest BCUT2D eigenvalue weighted by atomic mass is 10.3. The molecule has 58 valence electrons. The van der Waals surface area contributed by atoms with Gasteiger partial charge in [-0.05, 0) is 23.4 Å². The van der Waals surface area contributed by atoms with Gasteiger partial charge in [-0.2, -0.15) is 0 Å². The average Bonchev–Trinajstić information content (AvgIpc) is 2.04. The van der Waals surface area contributed by atoms with E-state index in [2.05, 4.69) is 5.18 Å². The van der Waals surface area contributed by atoms with Gasteiger partial charge in [0.05, 0.1) is 12.1 Å². The first-order chi connectivity index (χ1) is 5.27. The number of ether oxygens (including phenoxy) is 1. The second-order valence-corrected chi connectivity index (χ2v) is 2.32. The molecule has 0 radical (unpaired) electrons. The lowest BCUT2D eigenvalue weighted by Crippen LogP contribution is -1.82. The third-order valence-electron chi connectivity index (χ3n) is 1.24. The summed E-state index contributed by atoms with van der Waals surface area (Å²) in [6.45, 7) is 0. The summed E-state index contributed by atoms with van der Waals surface area (Å²) >= 11 is 5.68. The molecule has 0 aliphatic rings. The van der Waals surface area contributed by atoms with Gasteiger partial charge in [-0.15, -0.1) is 4.91 Å². The van der Waals surface area contributed by atoms with Crippen LogP contribution in [0.5, 0.6) is 5.75 Å². The van der Waals surface area contributed by atoms with Crippen LogP contribution in [0, 0.1) is 4.91 Å². The molecule has 0 fully saturated rings. The smallest absolute Gasteiger partial charge is 0.137 e. The molecule has 0 atom stereocenters. The summed E-state index contributed by atoms with van der Waals surface area (Å²) < 4.78 is 4.87. The van der Waals surface area contributed by atoms with Crippen LogP contribution in [-0.2, 0) is 0 Å². The van der Waals surface area contributed by atoms with Gasteiger partial charge in [-0.1, -0.05) is 11.6 Å². The molecule has 0 heterocycles. The van der Waals surface area contributed by atoms with Crippen LogP contribution in [0.25, 0.3) is 0 Å². The second kappa shape index (κ2) is 3.34. The third-order valence-corrected chi connectivity index (χ3v) is 1.54. The Morgan fingerprint density at radius 1 is 1.55 bits per heavy atom. The summed E-state index contributed by atoms with van der Waals surface area (Å²) in [5.74, 6) is 0.541. The van der Waals surface area contributed by atoms with Crippen molar-refractivity contribution in [2.45, 2.75) is 0 Å². The Hall–Kier alpha value is -1.09. The molecule has 1 aromatic carbocycles. The van der Waals surface area contributed by atoms with E-state index in [-0.39, 0.29) is 0 Å². The minimum Gasteiger partial charge on any atom is -0.495 e. The van der Waals surface area contributed by atoms with Gasteiger partial charge in [0.2, 0.25) is 0 Å². The highest BCUT2D eigenvalue weighted by Crippen LogP contribution is 2.28. The van der Waals surface area contributed by atoms with Crippen molar-refractivity contribution in [1.82, 2.24) is 0 Å². The molecule has 3 nitrogen and oxygen atoms in total. The first-order valence-electron chi connectivity index (χ1n) is 2.95. The number of hydrogen-bond acceptors (Lipinski definition) is 3. The normalized spacial score (nSPS) is 9.27. The highest BCUT2D eigenvalue weighted by Gasteiger charge is 2.00. The van der Waals surface area contributed by atoms with Crippen molar-refractivity contribution in [3.63, 3.8) is 0 Å². The Bertz CT molecular complexity index is 275. The van der Waals surface area contributed by atoms with Crippen molar-refractivity contribution in [3.8, 4) is 5.75 Å². The van der Waals surface area contributed by atoms with E-state index in [4.69, 9.17) is 16.3 Å². The summed E-state index contributed by atoms with van der Waals surface area (Å²) in [5, 5.41) is 3.11. The number of rotatable bonds is 2. The average molecular weight is 172 g/mol. The fourth-order valence-electron chi connectivity index (χ4n) is 0.712. The molecule has 0 unspecified atom stereocenters. The van der Waals surface area contributed by atoms with Crippen LogP contribution in [0.3, 0.4) is 0 Å². The van der Waals surface area contributed by atoms with E-state index in [1.54, 1.807) is 6.07 Å². The van der Waals surface area contributed by atoms with Gasteiger partial charge >= 0.3 is 0 Å². The number of nitrogens with zero attached hydrogens (tertiary/aromatic N) is 1. The van der Waals surface area contributed by atoms with Gasteiger partial charge in [0.25, 0.3) is 0 Å². The maximum atomic E-state index is 10.0. The quantitative estimate of drug-likeness (QED) is 0.642. The fourth-order valence-corrected chi connectivity index (χ4v) is 0.964. The van der Waals surface area contributed by atoms with Crippen LogP contribution >= 0.6 is 11.6 Å². The van der Waals surface area contributed by atoms with E-state index in [9.17, 15) is 4.91 Å². The number of methoxy groups -OCH3 is 1. The van der Waals surface area contributed by atoms with Crippen molar-refractivity contribution in [2.75, 3.05) is 7.11 Å². The second-order valence-electron chi connectivity index (χ2n) is 1.91. The van der Waals surface area contributed by atoms with Crippen molar-refractivity contribution >= 4 is 17.3 Å². The summed E-state index contributed by atoms with van der Waals surface area (Å²) in [6.07, 6.45) is 0. The van der Waals surface area contributed by atoms with Crippen molar-refractivity contribution in [1.29, 1.82) is 0 Å². The molecular formula is C7H6ClNO2. The molecule has 0 aromatic heterocycles. The van der Waals surface area contributed by atoms with Crippen LogP contribution < -0.4 is 4.74 Å². The van der Waals surface area contributed by atoms with Crippen LogP contribution in [0.4, 0.5) is 5.69 Å². The van der Waals surface area contributed by atoms with Crippen LogP contribution in [0.1, 0.15) is 0 Å². The Kier molecular flexibility index (Phi) is 2.44. The van der Waals surface area contributed by atoms with Gasteiger partial charge in [0, 0.05) is 0 Å². The topological polar surface area (TPSA) is 38.7 Å². The van der Waals surface area contributed by atoms with Crippen LogP contribution in [0.15, 0.2) is 23.4 Å². The zero-order valence-electron chi connectivity index (χ0n) is 5.87. The van der Waals surface area contributed by atoms with Crippen molar-refractivity contribution in [3.05, 3.63) is 28.1 Å². The molecule has 1 rings (SSSR count). The first kappa shape index (κ1) is 8.01. The van der Waals surface area contributed by atoms with E-state index < -0.39 is 0 Å². The molecule has 0 saturated heterocycles. The lowest BCUT2D eigenvalue weighted by Gasteiger charge is -2.00. The van der Waals surface area contributed by atoms with E-state index in [0.29, 0.717) is 16.5 Å². The molecule has 0 saturated carbocycles. The Morgan fingerprint density at radius 2 is 2.27 bits per heavy atom. The molecule has 0 bridgehead atoms. The number of nitroso groups, excluding NO2 is 1. The summed E-state index contributed by atoms with van der Waals surface area (Å²) in [4.78, 5) is 10.0. The van der Waals surface area contributed by atoms with Gasteiger partial charge < -0.3 is 4.74 Å². The number of halogens is 1. The largest absolute Gasteiger partial charge is 0.495 e. The Balaban J connectivity index is 3.09. The monoisotopic (exact) mass is 171 g/mol. The zero-order chi connectivity index (χ0) is 8.27. The fraction of sp³-hybridized carbons (Fsp3) is 0.143. The maximum Gasteiger partial charge on any atom is 0.137 e. The standard InChI is InChI=1S/C7H6ClNO2/c1-11-7-3-2-5(9-10)4-6(7)8/h2-4H,1H3. The van der Waals surface area contributed by atoms with E-state index >= 15 is 0 Å². The summed E-state index contributed by atoms with van der Waals surface area (Å²) in [5.41, 5.74) is 0.302. The Morgan fingerprint density at radius 3 is 2.73 bits per heavy atom. The molecule has 4 heteroatoms. The molecule has 0 aliphatic carbocycles. The van der Waals surface area contributed by atoms with E-state index in [1.807, 2.05) is 0 Å². The van der Waals surface area contributed by atoms with Gasteiger partial charge in [0.1, 0.15) is 11.4 Å². The van der Waals surface area contributed by atoms with E-state index in [1.165, 1.54) is 19.2 Å².